The van der Waals surface area contributed by atoms with Gasteiger partial charge in [-0.3, -0.25) is 4.79 Å². The fourth-order valence-electron chi connectivity index (χ4n) is 2.81. The normalized spacial score (nSPS) is 16.1. The molecule has 1 aliphatic rings. The van der Waals surface area contributed by atoms with E-state index in [4.69, 9.17) is 4.74 Å². The maximum atomic E-state index is 12.5. The molecule has 0 amide bonds. The zero-order valence-electron chi connectivity index (χ0n) is 12.1. The molecule has 1 unspecified atom stereocenters. The molecule has 2 aromatic rings. The summed E-state index contributed by atoms with van der Waals surface area (Å²) in [5.74, 6) is 1.18. The number of nitrogens with one attached hydrogen (secondary N) is 1. The van der Waals surface area contributed by atoms with Gasteiger partial charge >= 0.3 is 0 Å². The summed E-state index contributed by atoms with van der Waals surface area (Å²) in [6.45, 7) is 3.38. The number of benzene rings is 2. The molecular weight excluding hydrogens is 262 g/mol. The average Bonchev–Trinajstić information content (AvgIpc) is 2.91. The van der Waals surface area contributed by atoms with Crippen molar-refractivity contribution in [1.29, 1.82) is 0 Å². The average molecular weight is 281 g/mol. The molecule has 3 rings (SSSR count). The van der Waals surface area contributed by atoms with E-state index < -0.39 is 0 Å². The number of fused-ring (bicyclic) bond motifs is 1. The van der Waals surface area contributed by atoms with Crippen molar-refractivity contribution in [3.63, 3.8) is 0 Å². The summed E-state index contributed by atoms with van der Waals surface area (Å²) in [4.78, 5) is 12.5. The third-order valence-corrected chi connectivity index (χ3v) is 3.84. The molecule has 0 fully saturated rings. The summed E-state index contributed by atoms with van der Waals surface area (Å²) >= 11 is 0. The van der Waals surface area contributed by atoms with Crippen molar-refractivity contribution in [1.82, 2.24) is 0 Å². The third kappa shape index (κ3) is 2.92. The van der Waals surface area contributed by atoms with E-state index in [1.807, 2.05) is 43.3 Å². The number of hydrogen-bond donors (Lipinski definition) is 1. The Kier molecular flexibility index (Phi) is 3.91. The lowest BCUT2D eigenvalue weighted by atomic mass is 9.93. The van der Waals surface area contributed by atoms with Crippen LogP contribution < -0.4 is 10.1 Å². The van der Waals surface area contributed by atoms with Crippen molar-refractivity contribution in [2.45, 2.75) is 19.3 Å². The molecule has 108 valence electrons. The summed E-state index contributed by atoms with van der Waals surface area (Å²) in [5.41, 5.74) is 3.12. The predicted octanol–water partition coefficient (Wildman–Crippen LogP) is 3.87. The Morgan fingerprint density at radius 3 is 2.95 bits per heavy atom. The van der Waals surface area contributed by atoms with Gasteiger partial charge in [0.05, 0.1) is 6.61 Å². The van der Waals surface area contributed by atoms with Crippen molar-refractivity contribution < 1.29 is 9.53 Å². The molecule has 0 aromatic heterocycles. The van der Waals surface area contributed by atoms with Crippen LogP contribution in [0.15, 0.2) is 48.5 Å². The van der Waals surface area contributed by atoms with Crippen LogP contribution in [0.25, 0.3) is 0 Å². The summed E-state index contributed by atoms with van der Waals surface area (Å²) in [6, 6.07) is 15.7. The number of rotatable bonds is 5. The summed E-state index contributed by atoms with van der Waals surface area (Å²) in [5, 5.41) is 3.36. The minimum absolute atomic E-state index is 0.167. The molecule has 0 bridgehead atoms. The van der Waals surface area contributed by atoms with Crippen molar-refractivity contribution in [2.24, 2.45) is 0 Å². The maximum absolute atomic E-state index is 12.5. The highest BCUT2D eigenvalue weighted by Gasteiger charge is 2.24. The standard InChI is InChI=1S/C18H19NO2/c1-2-21-15-7-5-6-13(10-15)18(20)11-14-12-19-17-9-4-3-8-16(14)17/h3-10,14,19H,2,11-12H2,1H3. The number of ether oxygens (including phenoxy) is 1. The van der Waals surface area contributed by atoms with Crippen LogP contribution in [0.2, 0.25) is 0 Å². The van der Waals surface area contributed by atoms with Gasteiger partial charge in [-0.2, -0.15) is 0 Å². The maximum Gasteiger partial charge on any atom is 0.163 e. The number of carbonyl (C=O) groups excluding carboxylic acids is 1. The van der Waals surface area contributed by atoms with Crippen LogP contribution in [0, 0.1) is 0 Å². The monoisotopic (exact) mass is 281 g/mol. The Morgan fingerprint density at radius 1 is 1.24 bits per heavy atom. The lowest BCUT2D eigenvalue weighted by molar-refractivity contribution is 0.0975. The molecule has 0 saturated heterocycles. The highest BCUT2D eigenvalue weighted by Crippen LogP contribution is 2.34. The molecule has 21 heavy (non-hydrogen) atoms. The van der Waals surface area contributed by atoms with E-state index in [0.717, 1.165) is 23.5 Å². The predicted molar refractivity (Wildman–Crippen MR) is 84.2 cm³/mol. The molecule has 0 spiro atoms. The van der Waals surface area contributed by atoms with Gasteiger partial charge in [-0.15, -0.1) is 0 Å². The summed E-state index contributed by atoms with van der Waals surface area (Å²) < 4.78 is 5.46. The van der Waals surface area contributed by atoms with E-state index >= 15 is 0 Å². The molecule has 1 atom stereocenters. The zero-order valence-corrected chi connectivity index (χ0v) is 12.1. The summed E-state index contributed by atoms with van der Waals surface area (Å²) in [7, 11) is 0. The van der Waals surface area contributed by atoms with Crippen LogP contribution >= 0.6 is 0 Å². The molecule has 0 radical (unpaired) electrons. The fourth-order valence-corrected chi connectivity index (χ4v) is 2.81. The van der Waals surface area contributed by atoms with Gasteiger partial charge in [0.2, 0.25) is 0 Å². The second kappa shape index (κ2) is 6.00. The number of ketones is 1. The van der Waals surface area contributed by atoms with E-state index in [1.165, 1.54) is 5.56 Å². The van der Waals surface area contributed by atoms with Gasteiger partial charge in [-0.25, -0.2) is 0 Å². The van der Waals surface area contributed by atoms with Gasteiger partial charge in [-0.1, -0.05) is 30.3 Å². The third-order valence-electron chi connectivity index (χ3n) is 3.84. The van der Waals surface area contributed by atoms with Crippen LogP contribution in [0.3, 0.4) is 0 Å². The molecule has 0 saturated carbocycles. The Bertz CT molecular complexity index is 651. The highest BCUT2D eigenvalue weighted by atomic mass is 16.5. The quantitative estimate of drug-likeness (QED) is 0.846. The summed E-state index contributed by atoms with van der Waals surface area (Å²) in [6.07, 6.45) is 0.527. The Balaban J connectivity index is 1.74. The fraction of sp³-hybridized carbons (Fsp3) is 0.278. The first kappa shape index (κ1) is 13.7. The molecule has 3 heteroatoms. The minimum atomic E-state index is 0.167. The van der Waals surface area contributed by atoms with Crippen LogP contribution in [-0.4, -0.2) is 18.9 Å². The number of para-hydroxylation sites is 1. The topological polar surface area (TPSA) is 38.3 Å². The first-order valence-corrected chi connectivity index (χ1v) is 7.37. The van der Waals surface area contributed by atoms with E-state index in [1.54, 1.807) is 0 Å². The minimum Gasteiger partial charge on any atom is -0.494 e. The second-order valence-electron chi connectivity index (χ2n) is 5.25. The van der Waals surface area contributed by atoms with E-state index in [-0.39, 0.29) is 11.7 Å². The van der Waals surface area contributed by atoms with E-state index in [0.29, 0.717) is 13.0 Å². The number of anilines is 1. The van der Waals surface area contributed by atoms with Gasteiger partial charge in [0.25, 0.3) is 0 Å². The van der Waals surface area contributed by atoms with E-state index in [2.05, 4.69) is 17.4 Å². The van der Waals surface area contributed by atoms with Gasteiger partial charge in [0, 0.05) is 30.1 Å². The first-order valence-electron chi connectivity index (χ1n) is 7.37. The van der Waals surface area contributed by atoms with Gasteiger partial charge in [0.15, 0.2) is 5.78 Å². The van der Waals surface area contributed by atoms with Crippen LogP contribution in [0.5, 0.6) is 5.75 Å². The lowest BCUT2D eigenvalue weighted by Crippen LogP contribution is -2.09. The molecule has 2 aromatic carbocycles. The van der Waals surface area contributed by atoms with Crippen LogP contribution in [-0.2, 0) is 0 Å². The van der Waals surface area contributed by atoms with Crippen molar-refractivity contribution in [3.8, 4) is 5.75 Å². The van der Waals surface area contributed by atoms with Crippen molar-refractivity contribution in [2.75, 3.05) is 18.5 Å². The van der Waals surface area contributed by atoms with Crippen molar-refractivity contribution >= 4 is 11.5 Å². The Labute approximate surface area is 124 Å². The second-order valence-corrected chi connectivity index (χ2v) is 5.25. The molecule has 0 aliphatic carbocycles. The largest absolute Gasteiger partial charge is 0.494 e. The number of hydrogen-bond acceptors (Lipinski definition) is 3. The Morgan fingerprint density at radius 2 is 2.10 bits per heavy atom. The first-order chi connectivity index (χ1) is 10.3. The number of carbonyl (C=O) groups is 1. The van der Waals surface area contributed by atoms with E-state index in [9.17, 15) is 4.79 Å². The van der Waals surface area contributed by atoms with Crippen molar-refractivity contribution in [3.05, 3.63) is 59.7 Å². The van der Waals surface area contributed by atoms with Gasteiger partial charge < -0.3 is 10.1 Å². The molecule has 3 nitrogen and oxygen atoms in total. The molecule has 1 aliphatic heterocycles. The lowest BCUT2D eigenvalue weighted by Gasteiger charge is -2.10. The Hall–Kier alpha value is -2.29. The zero-order chi connectivity index (χ0) is 14.7. The highest BCUT2D eigenvalue weighted by molar-refractivity contribution is 5.97. The molecule has 1 heterocycles. The smallest absolute Gasteiger partial charge is 0.163 e. The van der Waals surface area contributed by atoms with Gasteiger partial charge in [-0.05, 0) is 30.7 Å². The van der Waals surface area contributed by atoms with Gasteiger partial charge in [0.1, 0.15) is 5.75 Å². The molecule has 1 N–H and O–H groups in total. The number of Topliss-reactive ketones (excluding diaryl/α,β-unsaturated/α-hetero) is 1. The van der Waals surface area contributed by atoms with Crippen LogP contribution in [0.1, 0.15) is 35.2 Å². The van der Waals surface area contributed by atoms with Crippen LogP contribution in [0.4, 0.5) is 5.69 Å². The molecular formula is C18H19NO2. The SMILES string of the molecule is CCOc1cccc(C(=O)CC2CNc3ccccc32)c1.